The monoisotopic (exact) mass is 284 g/mol. The molecule has 1 saturated carbocycles. The predicted molar refractivity (Wildman–Crippen MR) is 85.6 cm³/mol. The zero-order chi connectivity index (χ0) is 14.7. The van der Waals surface area contributed by atoms with Gasteiger partial charge in [0, 0.05) is 31.6 Å². The van der Waals surface area contributed by atoms with E-state index in [1.807, 2.05) is 11.7 Å². The lowest BCUT2D eigenvalue weighted by Crippen LogP contribution is -2.09. The van der Waals surface area contributed by atoms with E-state index in [4.69, 9.17) is 4.98 Å². The largest absolute Gasteiger partial charge is 0.384 e. The lowest BCUT2D eigenvalue weighted by Gasteiger charge is -2.08. The first-order valence-electron chi connectivity index (χ1n) is 7.93. The van der Waals surface area contributed by atoms with Gasteiger partial charge in [0.15, 0.2) is 5.82 Å². The molecule has 0 aliphatic heterocycles. The van der Waals surface area contributed by atoms with Crippen LogP contribution in [0.25, 0.3) is 0 Å². The Kier molecular flexibility index (Phi) is 4.23. The topological polar surface area (TPSA) is 42.7 Å². The SMILES string of the molecule is Cc1ccccc1NCCc1nc(C2CCCC2)nn1C. The molecule has 4 nitrogen and oxygen atoms in total. The molecule has 0 saturated heterocycles. The molecule has 0 spiro atoms. The Morgan fingerprint density at radius 1 is 1.24 bits per heavy atom. The number of hydrogen-bond acceptors (Lipinski definition) is 3. The fourth-order valence-corrected chi connectivity index (χ4v) is 3.09. The van der Waals surface area contributed by atoms with Crippen molar-refractivity contribution in [1.29, 1.82) is 0 Å². The molecular weight excluding hydrogens is 260 g/mol. The summed E-state index contributed by atoms with van der Waals surface area (Å²) in [5.74, 6) is 2.73. The van der Waals surface area contributed by atoms with Gasteiger partial charge in [0.25, 0.3) is 0 Å². The summed E-state index contributed by atoms with van der Waals surface area (Å²) >= 11 is 0. The maximum Gasteiger partial charge on any atom is 0.154 e. The van der Waals surface area contributed by atoms with Crippen LogP contribution in [0.15, 0.2) is 24.3 Å². The van der Waals surface area contributed by atoms with Crippen molar-refractivity contribution in [1.82, 2.24) is 14.8 Å². The number of nitrogens with one attached hydrogen (secondary N) is 1. The minimum Gasteiger partial charge on any atom is -0.384 e. The maximum atomic E-state index is 4.76. The first kappa shape index (κ1) is 14.1. The molecule has 0 radical (unpaired) electrons. The average molecular weight is 284 g/mol. The highest BCUT2D eigenvalue weighted by molar-refractivity contribution is 5.50. The van der Waals surface area contributed by atoms with Crippen LogP contribution < -0.4 is 5.32 Å². The Bertz CT molecular complexity index is 597. The van der Waals surface area contributed by atoms with Crippen molar-refractivity contribution in [3.05, 3.63) is 41.5 Å². The number of hydrogen-bond donors (Lipinski definition) is 1. The molecular formula is C17H24N4. The Morgan fingerprint density at radius 2 is 2.00 bits per heavy atom. The summed E-state index contributed by atoms with van der Waals surface area (Å²) in [6, 6.07) is 8.38. The predicted octanol–water partition coefficient (Wildman–Crippen LogP) is 3.44. The summed E-state index contributed by atoms with van der Waals surface area (Å²) in [6.45, 7) is 3.02. The first-order chi connectivity index (χ1) is 10.2. The molecule has 1 N–H and O–H groups in total. The van der Waals surface area contributed by atoms with Crippen LogP contribution in [0.3, 0.4) is 0 Å². The van der Waals surface area contributed by atoms with Gasteiger partial charge in [-0.1, -0.05) is 31.0 Å². The van der Waals surface area contributed by atoms with E-state index in [0.717, 1.165) is 24.6 Å². The van der Waals surface area contributed by atoms with Gasteiger partial charge < -0.3 is 5.32 Å². The van der Waals surface area contributed by atoms with Gasteiger partial charge in [-0.05, 0) is 31.4 Å². The van der Waals surface area contributed by atoms with Crippen molar-refractivity contribution in [2.24, 2.45) is 7.05 Å². The van der Waals surface area contributed by atoms with Crippen LogP contribution in [0.2, 0.25) is 0 Å². The number of aryl methyl sites for hydroxylation is 2. The average Bonchev–Trinajstić information content (AvgIpc) is 3.11. The van der Waals surface area contributed by atoms with Crippen molar-refractivity contribution in [3.63, 3.8) is 0 Å². The zero-order valence-electron chi connectivity index (χ0n) is 13.0. The van der Waals surface area contributed by atoms with E-state index in [1.54, 1.807) is 0 Å². The van der Waals surface area contributed by atoms with Crippen molar-refractivity contribution in [2.45, 2.75) is 44.9 Å². The summed E-state index contributed by atoms with van der Waals surface area (Å²) in [5, 5.41) is 8.10. The van der Waals surface area contributed by atoms with Crippen LogP contribution in [-0.2, 0) is 13.5 Å². The lowest BCUT2D eigenvalue weighted by molar-refractivity contribution is 0.642. The quantitative estimate of drug-likeness (QED) is 0.914. The van der Waals surface area contributed by atoms with Gasteiger partial charge in [-0.25, -0.2) is 4.98 Å². The molecule has 1 aromatic carbocycles. The molecule has 0 bridgehead atoms. The number of aromatic nitrogens is 3. The van der Waals surface area contributed by atoms with Gasteiger partial charge >= 0.3 is 0 Å². The summed E-state index contributed by atoms with van der Waals surface area (Å²) < 4.78 is 1.95. The fraction of sp³-hybridized carbons (Fsp3) is 0.529. The number of rotatable bonds is 5. The highest BCUT2D eigenvalue weighted by Crippen LogP contribution is 2.32. The number of nitrogens with zero attached hydrogens (tertiary/aromatic N) is 3. The van der Waals surface area contributed by atoms with E-state index in [0.29, 0.717) is 5.92 Å². The van der Waals surface area contributed by atoms with E-state index in [9.17, 15) is 0 Å². The van der Waals surface area contributed by atoms with Crippen molar-refractivity contribution < 1.29 is 0 Å². The molecule has 2 aromatic rings. The van der Waals surface area contributed by atoms with Gasteiger partial charge in [-0.2, -0.15) is 5.10 Å². The second-order valence-corrected chi connectivity index (χ2v) is 5.98. The van der Waals surface area contributed by atoms with Crippen molar-refractivity contribution in [3.8, 4) is 0 Å². The molecule has 1 fully saturated rings. The second-order valence-electron chi connectivity index (χ2n) is 5.98. The third-order valence-electron chi connectivity index (χ3n) is 4.40. The minimum atomic E-state index is 0.592. The Labute approximate surface area is 126 Å². The Morgan fingerprint density at radius 3 is 2.76 bits per heavy atom. The number of benzene rings is 1. The lowest BCUT2D eigenvalue weighted by atomic mass is 10.1. The van der Waals surface area contributed by atoms with Gasteiger partial charge in [0.05, 0.1) is 0 Å². The van der Waals surface area contributed by atoms with Gasteiger partial charge in [0.1, 0.15) is 5.82 Å². The van der Waals surface area contributed by atoms with Crippen LogP contribution in [0, 0.1) is 6.92 Å². The molecule has 0 amide bonds. The Balaban J connectivity index is 1.59. The van der Waals surface area contributed by atoms with E-state index < -0.39 is 0 Å². The van der Waals surface area contributed by atoms with E-state index in [-0.39, 0.29) is 0 Å². The van der Waals surface area contributed by atoms with Crippen molar-refractivity contribution >= 4 is 5.69 Å². The normalized spacial score (nSPS) is 15.5. The molecule has 112 valence electrons. The van der Waals surface area contributed by atoms with Crippen LogP contribution in [0.4, 0.5) is 5.69 Å². The zero-order valence-corrected chi connectivity index (χ0v) is 13.0. The second kappa shape index (κ2) is 6.29. The third kappa shape index (κ3) is 3.26. The van der Waals surface area contributed by atoms with Crippen LogP contribution in [-0.4, -0.2) is 21.3 Å². The van der Waals surface area contributed by atoms with E-state index in [1.165, 1.54) is 36.9 Å². The number of para-hydroxylation sites is 1. The molecule has 1 aliphatic rings. The van der Waals surface area contributed by atoms with Crippen LogP contribution >= 0.6 is 0 Å². The standard InChI is InChI=1S/C17H24N4/c1-13-7-3-6-10-15(13)18-12-11-16-19-17(20-21(16)2)14-8-4-5-9-14/h3,6-7,10,14,18H,4-5,8-9,11-12H2,1-2H3. The van der Waals surface area contributed by atoms with Crippen molar-refractivity contribution in [2.75, 3.05) is 11.9 Å². The molecule has 0 atom stereocenters. The summed E-state index contributed by atoms with van der Waals surface area (Å²) in [7, 11) is 2.01. The number of anilines is 1. The van der Waals surface area contributed by atoms with E-state index >= 15 is 0 Å². The van der Waals surface area contributed by atoms with E-state index in [2.05, 4.69) is 41.6 Å². The molecule has 1 aromatic heterocycles. The summed E-state index contributed by atoms with van der Waals surface area (Å²) in [5.41, 5.74) is 2.48. The van der Waals surface area contributed by atoms with Gasteiger partial charge in [0.2, 0.25) is 0 Å². The summed E-state index contributed by atoms with van der Waals surface area (Å²) in [4.78, 5) is 4.76. The fourth-order valence-electron chi connectivity index (χ4n) is 3.09. The third-order valence-corrected chi connectivity index (χ3v) is 4.40. The van der Waals surface area contributed by atoms with Crippen LogP contribution in [0.5, 0.6) is 0 Å². The maximum absolute atomic E-state index is 4.76. The smallest absolute Gasteiger partial charge is 0.154 e. The molecule has 3 rings (SSSR count). The molecule has 0 unspecified atom stereocenters. The summed E-state index contributed by atoms with van der Waals surface area (Å²) in [6.07, 6.45) is 6.07. The molecule has 21 heavy (non-hydrogen) atoms. The highest BCUT2D eigenvalue weighted by atomic mass is 15.3. The van der Waals surface area contributed by atoms with Gasteiger partial charge in [-0.3, -0.25) is 4.68 Å². The molecule has 4 heteroatoms. The van der Waals surface area contributed by atoms with Gasteiger partial charge in [-0.15, -0.1) is 0 Å². The van der Waals surface area contributed by atoms with Crippen LogP contribution in [0.1, 0.15) is 48.8 Å². The highest BCUT2D eigenvalue weighted by Gasteiger charge is 2.21. The molecule has 1 aliphatic carbocycles. The molecule has 1 heterocycles. The first-order valence-corrected chi connectivity index (χ1v) is 7.93. The minimum absolute atomic E-state index is 0.592. The Hall–Kier alpha value is -1.84.